The van der Waals surface area contributed by atoms with Crippen molar-refractivity contribution in [2.45, 2.75) is 32.2 Å². The number of imide groups is 1. The number of carbonyl (C=O) groups is 4. The van der Waals surface area contributed by atoms with Crippen LogP contribution < -0.4 is 20.6 Å². The van der Waals surface area contributed by atoms with Gasteiger partial charge in [0.25, 0.3) is 23.6 Å². The van der Waals surface area contributed by atoms with Crippen molar-refractivity contribution in [2.24, 2.45) is 0 Å². The minimum Gasteiger partial charge on any atom is -0.658 e. The van der Waals surface area contributed by atoms with E-state index in [1.54, 1.807) is 12.1 Å². The van der Waals surface area contributed by atoms with E-state index < -0.39 is 11.8 Å². The number of nitrogens with one attached hydrogen (secondary N) is 4. The molecule has 10 aromatic rings. The van der Waals surface area contributed by atoms with Gasteiger partial charge in [-0.05, 0) is 124 Å². The van der Waals surface area contributed by atoms with Gasteiger partial charge in [-0.1, -0.05) is 135 Å². The van der Waals surface area contributed by atoms with Gasteiger partial charge >= 0.3 is 19.5 Å². The van der Waals surface area contributed by atoms with Crippen LogP contribution in [0.4, 0.5) is 0 Å². The molecule has 0 radical (unpaired) electrons. The van der Waals surface area contributed by atoms with Gasteiger partial charge in [-0.15, -0.1) is 22.1 Å². The predicted octanol–water partition coefficient (Wildman–Crippen LogP) is 13.5. The Kier molecular flexibility index (Phi) is 15.0. The molecule has 0 spiro atoms. The van der Waals surface area contributed by atoms with Crippen molar-refractivity contribution in [2.75, 3.05) is 13.1 Å². The summed E-state index contributed by atoms with van der Waals surface area (Å²) in [4.78, 5) is 90.4. The van der Waals surface area contributed by atoms with Gasteiger partial charge in [-0.3, -0.25) is 29.1 Å². The summed E-state index contributed by atoms with van der Waals surface area (Å²) in [7, 11) is 0. The van der Waals surface area contributed by atoms with Crippen LogP contribution in [0.25, 0.3) is 125 Å². The Hall–Kier alpha value is -11.2. The number of amides is 4. The normalized spacial score (nSPS) is 13.6. The zero-order valence-corrected chi connectivity index (χ0v) is 52.6. The van der Waals surface area contributed by atoms with Crippen molar-refractivity contribution in [1.29, 1.82) is 0 Å². The molecular weight excluding hydrogens is 1180 g/mol. The number of aromatic amines is 2. The third-order valence-corrected chi connectivity index (χ3v) is 16.7. The van der Waals surface area contributed by atoms with Crippen molar-refractivity contribution in [3.05, 3.63) is 250 Å². The molecule has 0 unspecified atom stereocenters. The van der Waals surface area contributed by atoms with Gasteiger partial charge in [0.15, 0.2) is 0 Å². The first kappa shape index (κ1) is 57.5. The monoisotopic (exact) mass is 1240 g/mol. The Morgan fingerprint density at radius 1 is 0.505 bits per heavy atom. The number of nitrogens with zero attached hydrogens (tertiary/aromatic N) is 7. The molecule has 91 heavy (non-hydrogen) atoms. The molecule has 4 aromatic carbocycles. The molecule has 15 nitrogen and oxygen atoms in total. The topological polar surface area (TPSA) is 207 Å². The second-order valence-electron chi connectivity index (χ2n) is 23.4. The number of carbonyl (C=O) groups excluding carboxylic acids is 4. The summed E-state index contributed by atoms with van der Waals surface area (Å²) in [6.45, 7) is 4.90. The summed E-state index contributed by atoms with van der Waals surface area (Å²) in [6.07, 6.45) is 15.1. The maximum atomic E-state index is 13.9. The summed E-state index contributed by atoms with van der Waals surface area (Å²) in [5.41, 5.74) is 22.0. The van der Waals surface area contributed by atoms with E-state index in [1.807, 2.05) is 146 Å². The van der Waals surface area contributed by atoms with Crippen LogP contribution in [0.5, 0.6) is 0 Å². The molecule has 0 fully saturated rings. The molecule has 0 atom stereocenters. The summed E-state index contributed by atoms with van der Waals surface area (Å²) in [5, 5.41) is 6.00. The van der Waals surface area contributed by atoms with Crippen molar-refractivity contribution in [1.82, 2.24) is 55.4 Å². The zero-order chi connectivity index (χ0) is 61.0. The molecule has 11 heterocycles. The van der Waals surface area contributed by atoms with Gasteiger partial charge in [0.1, 0.15) is 0 Å². The van der Waals surface area contributed by atoms with Gasteiger partial charge in [0, 0.05) is 105 Å². The average molecular weight is 1240 g/mol. The predicted molar refractivity (Wildman–Crippen MR) is 355 cm³/mol. The van der Waals surface area contributed by atoms with Gasteiger partial charge in [-0.2, -0.15) is 0 Å². The molecule has 6 aromatic heterocycles. The molecule has 0 aliphatic carbocycles. The number of fused-ring (bicyclic) bond motifs is 16. The SMILES string of the molecule is CC1(C)Cc2cc3[nH]c(cc3-c3ccc(CNC(=O)c4ccc(-c5c6nc(cc7ccc(cc8nc(cc9ccc5[n-]9)C=C8)[n-]7)C=C6)cc4)cc3)c(-c3ccc(C(=O)NCCN4C(=O)C=CC4=O)cc3)c3nc(cc4[nH]c(cc1n2)cc4-c1ccccc1)C=C3.[Zn+2]. The van der Waals surface area contributed by atoms with Gasteiger partial charge in [0.05, 0.1) is 34.2 Å². The first-order valence-corrected chi connectivity index (χ1v) is 29.7. The van der Waals surface area contributed by atoms with E-state index >= 15 is 0 Å². The zero-order valence-electron chi connectivity index (χ0n) is 49.7. The Labute approximate surface area is 535 Å². The second-order valence-corrected chi connectivity index (χ2v) is 23.4. The molecule has 4 amide bonds. The fourth-order valence-corrected chi connectivity index (χ4v) is 12.1. The number of aromatic nitrogens is 8. The van der Waals surface area contributed by atoms with Crippen molar-refractivity contribution < 1.29 is 38.7 Å². The van der Waals surface area contributed by atoms with E-state index in [1.165, 1.54) is 12.2 Å². The molecule has 5 aliphatic heterocycles. The number of benzene rings is 4. The Morgan fingerprint density at radius 3 is 1.74 bits per heavy atom. The van der Waals surface area contributed by atoms with Crippen molar-refractivity contribution in [3.63, 3.8) is 0 Å². The van der Waals surface area contributed by atoms with E-state index in [-0.39, 0.29) is 49.8 Å². The number of hydrogen-bond acceptors (Lipinski definition) is 8. The minimum atomic E-state index is -0.401. The second kappa shape index (κ2) is 23.7. The van der Waals surface area contributed by atoms with Gasteiger partial charge in [0.2, 0.25) is 0 Å². The molecule has 0 saturated heterocycles. The molecular formula is C75H55N11O4Zn. The van der Waals surface area contributed by atoms with E-state index in [2.05, 4.69) is 89.0 Å². The Balaban J connectivity index is 0.00000721. The Morgan fingerprint density at radius 2 is 1.05 bits per heavy atom. The first-order valence-electron chi connectivity index (χ1n) is 29.7. The molecule has 436 valence electrons. The third kappa shape index (κ3) is 11.8. The van der Waals surface area contributed by atoms with Gasteiger partial charge < -0.3 is 30.6 Å². The Bertz CT molecular complexity index is 5110. The molecule has 16 heteroatoms. The molecule has 15 rings (SSSR count). The van der Waals surface area contributed by atoms with E-state index in [9.17, 15) is 19.2 Å². The number of hydrogen-bond donors (Lipinski definition) is 4. The van der Waals surface area contributed by atoms with E-state index in [4.69, 9.17) is 29.9 Å². The maximum Gasteiger partial charge on any atom is 2.00 e. The standard InChI is InChI=1S/C75H57N11O4.Zn/c1-75(2)42-59-39-66-61(46-10-8-44(9-11-46)43-77-74(90)50-18-12-47(13-19-50)71-62-27-24-55(80-62)35-53-22-20-51(78-53)34-52-21-23-54(79-52)36-56-25-28-63(71)81-56)41-67(85-66)72(48-14-16-49(17-15-48)73(89)76-32-33-86-69(87)30-31-70(86)88)64-29-26-57(82-64)38-65-60(45-6-4-3-5-7-45)37-58(83-65)40-68(75)84-59;/h3-31,34-41H,32-33,42-43H2,1-2H3,(H6,76,77,78,79,80,81,82,83,84,85,87,88,89,90);/q;+2/p-2. The largest absolute Gasteiger partial charge is 2.00 e. The van der Waals surface area contributed by atoms with Crippen LogP contribution in [0.15, 0.2) is 188 Å². The molecule has 4 N–H and O–H groups in total. The smallest absolute Gasteiger partial charge is 0.658 e. The fourth-order valence-electron chi connectivity index (χ4n) is 12.1. The average Bonchev–Trinajstić information content (AvgIpc) is 1.73. The minimum absolute atomic E-state index is 0. The first-order chi connectivity index (χ1) is 43.8. The van der Waals surface area contributed by atoms with Crippen LogP contribution in [-0.2, 0) is 47.4 Å². The maximum absolute atomic E-state index is 13.9. The fraction of sp³-hybridized carbons (Fsp3) is 0.0933. The van der Waals surface area contributed by atoms with E-state index in [0.717, 1.165) is 139 Å². The van der Waals surface area contributed by atoms with Gasteiger partial charge in [-0.25, -0.2) is 15.0 Å². The van der Waals surface area contributed by atoms with Crippen molar-refractivity contribution in [3.8, 4) is 44.5 Å². The van der Waals surface area contributed by atoms with E-state index in [0.29, 0.717) is 29.8 Å². The van der Waals surface area contributed by atoms with Crippen LogP contribution in [-0.4, -0.2) is 71.5 Å². The van der Waals surface area contributed by atoms with Crippen LogP contribution in [0.1, 0.15) is 85.7 Å². The third-order valence-electron chi connectivity index (χ3n) is 16.7. The molecule has 0 saturated carbocycles. The van der Waals surface area contributed by atoms with Crippen LogP contribution in [0.3, 0.4) is 0 Å². The van der Waals surface area contributed by atoms with Crippen molar-refractivity contribution >= 4 is 104 Å². The van der Waals surface area contributed by atoms with Crippen LogP contribution >= 0.6 is 0 Å². The van der Waals surface area contributed by atoms with Crippen LogP contribution in [0.2, 0.25) is 0 Å². The molecule has 16 bridgehead atoms. The quantitative estimate of drug-likeness (QED) is 0.0712. The molecule has 5 aliphatic rings. The summed E-state index contributed by atoms with van der Waals surface area (Å²) >= 11 is 0. The summed E-state index contributed by atoms with van der Waals surface area (Å²) < 4.78 is 0. The van der Waals surface area contributed by atoms with Crippen LogP contribution in [0, 0.1) is 0 Å². The number of rotatable bonds is 11. The summed E-state index contributed by atoms with van der Waals surface area (Å²) in [6, 6.07) is 57.9. The summed E-state index contributed by atoms with van der Waals surface area (Å²) in [5.74, 6) is -1.35. The number of H-pyrrole nitrogens is 2.